The highest BCUT2D eigenvalue weighted by atomic mass is 15.2. The first kappa shape index (κ1) is 14.6. The van der Waals surface area contributed by atoms with E-state index in [4.69, 9.17) is 0 Å². The molecule has 21 heavy (non-hydrogen) atoms. The van der Waals surface area contributed by atoms with E-state index in [1.54, 1.807) is 11.1 Å². The number of aryl methyl sites for hydroxylation is 1. The second-order valence-electron chi connectivity index (χ2n) is 6.93. The Balaban J connectivity index is 1.86. The Morgan fingerprint density at radius 1 is 1.29 bits per heavy atom. The maximum Gasteiger partial charge on any atom is 0.0456 e. The summed E-state index contributed by atoms with van der Waals surface area (Å²) in [5, 5.41) is 1.44. The van der Waals surface area contributed by atoms with Gasteiger partial charge in [0.2, 0.25) is 0 Å². The van der Waals surface area contributed by atoms with E-state index in [1.807, 2.05) is 0 Å². The summed E-state index contributed by atoms with van der Waals surface area (Å²) in [4.78, 5) is 6.09. The van der Waals surface area contributed by atoms with Crippen LogP contribution in [0.3, 0.4) is 0 Å². The Morgan fingerprint density at radius 2 is 2.14 bits per heavy atom. The second-order valence-corrected chi connectivity index (χ2v) is 6.93. The van der Waals surface area contributed by atoms with E-state index < -0.39 is 0 Å². The van der Waals surface area contributed by atoms with E-state index in [2.05, 4.69) is 55.1 Å². The van der Waals surface area contributed by atoms with E-state index in [-0.39, 0.29) is 0 Å². The molecular weight excluding hydrogens is 256 g/mol. The van der Waals surface area contributed by atoms with Crippen LogP contribution in [0.2, 0.25) is 0 Å². The lowest BCUT2D eigenvalue weighted by Crippen LogP contribution is -2.41. The highest BCUT2D eigenvalue weighted by Crippen LogP contribution is 2.31. The molecule has 114 valence electrons. The van der Waals surface area contributed by atoms with Gasteiger partial charge in [-0.15, -0.1) is 0 Å². The van der Waals surface area contributed by atoms with E-state index in [1.165, 1.54) is 49.7 Å². The molecule has 1 aromatic carbocycles. The molecule has 0 fully saturated rings. The topological polar surface area (TPSA) is 19.0 Å². The van der Waals surface area contributed by atoms with Crippen LogP contribution in [0.1, 0.15) is 44.7 Å². The molecule has 0 amide bonds. The molecule has 0 saturated carbocycles. The fourth-order valence-corrected chi connectivity index (χ4v) is 3.87. The first-order valence-electron chi connectivity index (χ1n) is 8.51. The van der Waals surface area contributed by atoms with Gasteiger partial charge < -0.3 is 4.98 Å². The van der Waals surface area contributed by atoms with Crippen LogP contribution in [0.25, 0.3) is 10.9 Å². The molecule has 1 heterocycles. The van der Waals surface area contributed by atoms with Gasteiger partial charge in [0.25, 0.3) is 0 Å². The number of H-pyrrole nitrogens is 1. The normalized spacial score (nSPS) is 18.6. The lowest BCUT2D eigenvalue weighted by atomic mass is 9.85. The molecular formula is C19H28N2. The van der Waals surface area contributed by atoms with Crippen molar-refractivity contribution in [2.24, 2.45) is 5.92 Å². The third-order valence-corrected chi connectivity index (χ3v) is 4.76. The fraction of sp³-hybridized carbons (Fsp3) is 0.579. The molecule has 1 aliphatic carbocycles. The van der Waals surface area contributed by atoms with Crippen molar-refractivity contribution in [2.75, 3.05) is 13.1 Å². The average molecular weight is 284 g/mol. The quantitative estimate of drug-likeness (QED) is 0.862. The maximum atomic E-state index is 3.36. The first-order chi connectivity index (χ1) is 10.2. The van der Waals surface area contributed by atoms with Gasteiger partial charge in [-0.05, 0) is 61.4 Å². The van der Waals surface area contributed by atoms with Crippen LogP contribution in [0.5, 0.6) is 0 Å². The van der Waals surface area contributed by atoms with Crippen LogP contribution < -0.4 is 0 Å². The van der Waals surface area contributed by atoms with Crippen LogP contribution >= 0.6 is 0 Å². The minimum Gasteiger partial charge on any atom is -0.361 e. The SMILES string of the molecule is CCCN(CC(C)C)[C@@H]1CCc2ccc3[nH]ccc3c2C1. The standard InChI is InChI=1S/C19H28N2/c1-4-11-21(13-14(2)3)16-7-5-15-6-8-19-17(9-10-20-19)18(15)12-16/h6,8-10,14,16,20H,4-5,7,11-13H2,1-3H3/t16-/m1/s1. The highest BCUT2D eigenvalue weighted by molar-refractivity contribution is 5.84. The van der Waals surface area contributed by atoms with E-state index in [9.17, 15) is 0 Å². The summed E-state index contributed by atoms with van der Waals surface area (Å²) in [6, 6.07) is 7.55. The van der Waals surface area contributed by atoms with Crippen molar-refractivity contribution in [1.29, 1.82) is 0 Å². The summed E-state index contributed by atoms with van der Waals surface area (Å²) >= 11 is 0. The van der Waals surface area contributed by atoms with Crippen molar-refractivity contribution in [3.8, 4) is 0 Å². The van der Waals surface area contributed by atoms with Crippen LogP contribution in [-0.4, -0.2) is 29.0 Å². The van der Waals surface area contributed by atoms with Gasteiger partial charge in [0.05, 0.1) is 0 Å². The average Bonchev–Trinajstić information content (AvgIpc) is 2.94. The molecule has 2 nitrogen and oxygen atoms in total. The largest absolute Gasteiger partial charge is 0.361 e. The molecule has 0 radical (unpaired) electrons. The van der Waals surface area contributed by atoms with Gasteiger partial charge in [-0.25, -0.2) is 0 Å². The Morgan fingerprint density at radius 3 is 2.90 bits per heavy atom. The number of nitrogens with one attached hydrogen (secondary N) is 1. The summed E-state index contributed by atoms with van der Waals surface area (Å²) < 4.78 is 0. The third kappa shape index (κ3) is 3.01. The minimum absolute atomic E-state index is 0.723. The zero-order valence-corrected chi connectivity index (χ0v) is 13.7. The molecule has 2 heteroatoms. The fourth-order valence-electron chi connectivity index (χ4n) is 3.87. The molecule has 1 aromatic heterocycles. The van der Waals surface area contributed by atoms with Crippen molar-refractivity contribution in [3.05, 3.63) is 35.5 Å². The number of fused-ring (bicyclic) bond motifs is 3. The van der Waals surface area contributed by atoms with E-state index >= 15 is 0 Å². The Labute approximate surface area is 128 Å². The Kier molecular flexibility index (Phi) is 4.34. The zero-order chi connectivity index (χ0) is 14.8. The van der Waals surface area contributed by atoms with Crippen LogP contribution in [0.4, 0.5) is 0 Å². The third-order valence-electron chi connectivity index (χ3n) is 4.76. The lowest BCUT2D eigenvalue weighted by molar-refractivity contribution is 0.161. The molecule has 1 aliphatic rings. The summed E-state index contributed by atoms with van der Waals surface area (Å²) in [7, 11) is 0. The number of aromatic nitrogens is 1. The molecule has 1 atom stereocenters. The Bertz CT molecular complexity index is 597. The van der Waals surface area contributed by atoms with Gasteiger partial charge in [0.1, 0.15) is 0 Å². The van der Waals surface area contributed by atoms with Gasteiger partial charge in [-0.1, -0.05) is 26.8 Å². The molecule has 0 saturated heterocycles. The molecule has 3 rings (SSSR count). The summed E-state index contributed by atoms with van der Waals surface area (Å²) in [5.74, 6) is 0.751. The monoisotopic (exact) mass is 284 g/mol. The van der Waals surface area contributed by atoms with Gasteiger partial charge in [0.15, 0.2) is 0 Å². The molecule has 0 aliphatic heterocycles. The zero-order valence-electron chi connectivity index (χ0n) is 13.7. The van der Waals surface area contributed by atoms with Crippen molar-refractivity contribution in [1.82, 2.24) is 9.88 Å². The predicted octanol–water partition coefficient (Wildman–Crippen LogP) is 4.39. The van der Waals surface area contributed by atoms with Gasteiger partial charge in [-0.2, -0.15) is 0 Å². The van der Waals surface area contributed by atoms with Gasteiger partial charge >= 0.3 is 0 Å². The minimum atomic E-state index is 0.723. The van der Waals surface area contributed by atoms with Crippen LogP contribution in [-0.2, 0) is 12.8 Å². The second kappa shape index (κ2) is 6.23. The summed E-state index contributed by atoms with van der Waals surface area (Å²) in [5.41, 5.74) is 4.45. The van der Waals surface area contributed by atoms with E-state index in [0.717, 1.165) is 12.0 Å². The molecule has 0 spiro atoms. The number of hydrogen-bond acceptors (Lipinski definition) is 1. The predicted molar refractivity (Wildman–Crippen MR) is 90.8 cm³/mol. The molecule has 0 bridgehead atoms. The number of benzene rings is 1. The van der Waals surface area contributed by atoms with Crippen molar-refractivity contribution >= 4 is 10.9 Å². The maximum absolute atomic E-state index is 3.36. The number of aromatic amines is 1. The van der Waals surface area contributed by atoms with Crippen molar-refractivity contribution in [3.63, 3.8) is 0 Å². The molecule has 1 N–H and O–H groups in total. The van der Waals surface area contributed by atoms with Crippen molar-refractivity contribution in [2.45, 2.75) is 52.5 Å². The highest BCUT2D eigenvalue weighted by Gasteiger charge is 2.25. The van der Waals surface area contributed by atoms with E-state index in [0.29, 0.717) is 0 Å². The van der Waals surface area contributed by atoms with Crippen LogP contribution in [0, 0.1) is 5.92 Å². The van der Waals surface area contributed by atoms with Gasteiger partial charge in [0, 0.05) is 29.7 Å². The summed E-state index contributed by atoms with van der Waals surface area (Å²) in [6.45, 7) is 9.44. The van der Waals surface area contributed by atoms with Gasteiger partial charge in [-0.3, -0.25) is 4.90 Å². The Hall–Kier alpha value is -1.28. The smallest absolute Gasteiger partial charge is 0.0456 e. The molecule has 0 unspecified atom stereocenters. The summed E-state index contributed by atoms with van der Waals surface area (Å²) in [6.07, 6.45) is 7.10. The number of rotatable bonds is 5. The van der Waals surface area contributed by atoms with Crippen molar-refractivity contribution < 1.29 is 0 Å². The molecule has 2 aromatic rings. The number of nitrogens with zero attached hydrogens (tertiary/aromatic N) is 1. The lowest BCUT2D eigenvalue weighted by Gasteiger charge is -2.36. The first-order valence-corrected chi connectivity index (χ1v) is 8.51. The van der Waals surface area contributed by atoms with Crippen LogP contribution in [0.15, 0.2) is 24.4 Å². The number of hydrogen-bond donors (Lipinski definition) is 1.